The molecule has 2 aliphatic rings. The van der Waals surface area contributed by atoms with Crippen LogP contribution in [-0.4, -0.2) is 50.2 Å². The van der Waals surface area contributed by atoms with E-state index in [1.807, 2.05) is 6.07 Å². The first-order valence-corrected chi connectivity index (χ1v) is 10.00. The summed E-state index contributed by atoms with van der Waals surface area (Å²) in [6.45, 7) is 6.78. The third-order valence-corrected chi connectivity index (χ3v) is 6.22. The minimum absolute atomic E-state index is 0. The number of hydrogen-bond acceptors (Lipinski definition) is 4. The summed E-state index contributed by atoms with van der Waals surface area (Å²) in [5, 5.41) is 3.24. The average Bonchev–Trinajstić information content (AvgIpc) is 2.70. The van der Waals surface area contributed by atoms with E-state index in [0.29, 0.717) is 39.1 Å². The molecule has 28 heavy (non-hydrogen) atoms. The van der Waals surface area contributed by atoms with Crippen molar-refractivity contribution in [3.05, 3.63) is 35.9 Å². The molecule has 2 fully saturated rings. The topological polar surface area (TPSA) is 67.6 Å². The van der Waals surface area contributed by atoms with Crippen LogP contribution in [0.1, 0.15) is 44.2 Å². The molecular formula is C21H35Cl2N3O2. The van der Waals surface area contributed by atoms with Crippen molar-refractivity contribution in [2.24, 2.45) is 17.1 Å². The van der Waals surface area contributed by atoms with Gasteiger partial charge in [0.2, 0.25) is 5.91 Å². The second-order valence-corrected chi connectivity index (χ2v) is 7.95. The van der Waals surface area contributed by atoms with Gasteiger partial charge in [0, 0.05) is 26.3 Å². The standard InChI is InChI=1S/C21H33N3O2.2ClH/c1-17-7-11-24(12-8-17)19(18-5-3-2-4-6-18)15-23-20(25)21(16-22)9-13-26-14-10-21;;/h2-6,17,19H,7-16,22H2,1H3,(H,23,25);2*1H. The van der Waals surface area contributed by atoms with Gasteiger partial charge in [-0.15, -0.1) is 24.8 Å². The van der Waals surface area contributed by atoms with Gasteiger partial charge in [-0.3, -0.25) is 9.69 Å². The van der Waals surface area contributed by atoms with Crippen LogP contribution in [0.5, 0.6) is 0 Å². The Kier molecular flexibility index (Phi) is 10.8. The van der Waals surface area contributed by atoms with Crippen molar-refractivity contribution in [1.82, 2.24) is 10.2 Å². The molecule has 5 nitrogen and oxygen atoms in total. The Morgan fingerprint density at radius 1 is 1.21 bits per heavy atom. The first kappa shape index (κ1) is 25.2. The van der Waals surface area contributed by atoms with Crippen molar-refractivity contribution >= 4 is 30.7 Å². The summed E-state index contributed by atoms with van der Waals surface area (Å²) in [6, 6.07) is 10.8. The molecule has 1 aromatic carbocycles. The molecule has 3 rings (SSSR count). The number of hydrogen-bond donors (Lipinski definition) is 2. The lowest BCUT2D eigenvalue weighted by Crippen LogP contribution is -2.51. The van der Waals surface area contributed by atoms with Gasteiger partial charge in [-0.25, -0.2) is 0 Å². The van der Waals surface area contributed by atoms with E-state index < -0.39 is 5.41 Å². The third kappa shape index (κ3) is 6.07. The molecule has 1 amide bonds. The van der Waals surface area contributed by atoms with E-state index >= 15 is 0 Å². The van der Waals surface area contributed by atoms with Crippen LogP contribution < -0.4 is 11.1 Å². The van der Waals surface area contributed by atoms with Crippen LogP contribution in [0.4, 0.5) is 0 Å². The number of rotatable bonds is 6. The fraction of sp³-hybridized carbons (Fsp3) is 0.667. The van der Waals surface area contributed by atoms with Gasteiger partial charge in [0.1, 0.15) is 0 Å². The van der Waals surface area contributed by atoms with Crippen molar-refractivity contribution in [1.29, 1.82) is 0 Å². The summed E-state index contributed by atoms with van der Waals surface area (Å²) in [5.74, 6) is 0.884. The number of carbonyl (C=O) groups excluding carboxylic acids is 1. The third-order valence-electron chi connectivity index (χ3n) is 6.22. The number of ether oxygens (including phenoxy) is 1. The molecule has 1 aromatic rings. The number of carbonyl (C=O) groups is 1. The monoisotopic (exact) mass is 431 g/mol. The summed E-state index contributed by atoms with van der Waals surface area (Å²) >= 11 is 0. The predicted octanol–water partition coefficient (Wildman–Crippen LogP) is 3.17. The number of likely N-dealkylation sites (tertiary alicyclic amines) is 1. The Bertz CT molecular complexity index is 574. The Balaban J connectivity index is 0.00000196. The van der Waals surface area contributed by atoms with Crippen LogP contribution in [-0.2, 0) is 9.53 Å². The van der Waals surface area contributed by atoms with Crippen molar-refractivity contribution in [3.63, 3.8) is 0 Å². The summed E-state index contributed by atoms with van der Waals surface area (Å²) in [7, 11) is 0. The molecule has 1 atom stereocenters. The fourth-order valence-corrected chi connectivity index (χ4v) is 4.14. The second kappa shape index (κ2) is 12.0. The van der Waals surface area contributed by atoms with E-state index in [2.05, 4.69) is 41.4 Å². The molecule has 0 aliphatic carbocycles. The summed E-state index contributed by atoms with van der Waals surface area (Å²) in [6.07, 6.45) is 3.88. The zero-order valence-electron chi connectivity index (χ0n) is 16.8. The Hall–Kier alpha value is -0.850. The first-order valence-electron chi connectivity index (χ1n) is 10.00. The van der Waals surface area contributed by atoms with Crippen LogP contribution in [0, 0.1) is 11.3 Å². The highest BCUT2D eigenvalue weighted by Crippen LogP contribution is 2.31. The molecule has 2 heterocycles. The van der Waals surface area contributed by atoms with Crippen molar-refractivity contribution in [2.75, 3.05) is 39.4 Å². The average molecular weight is 432 g/mol. The van der Waals surface area contributed by atoms with Gasteiger partial charge < -0.3 is 15.8 Å². The maximum atomic E-state index is 13.0. The van der Waals surface area contributed by atoms with Crippen molar-refractivity contribution < 1.29 is 9.53 Å². The van der Waals surface area contributed by atoms with Gasteiger partial charge in [0.25, 0.3) is 0 Å². The molecule has 0 aromatic heterocycles. The molecule has 0 spiro atoms. The zero-order valence-corrected chi connectivity index (χ0v) is 18.4. The number of nitrogens with zero attached hydrogens (tertiary/aromatic N) is 1. The quantitative estimate of drug-likeness (QED) is 0.725. The first-order chi connectivity index (χ1) is 12.6. The van der Waals surface area contributed by atoms with E-state index in [0.717, 1.165) is 19.0 Å². The predicted molar refractivity (Wildman–Crippen MR) is 118 cm³/mol. The summed E-state index contributed by atoms with van der Waals surface area (Å²) in [4.78, 5) is 15.5. The Labute approximate surface area is 181 Å². The molecule has 7 heteroatoms. The Morgan fingerprint density at radius 2 is 1.82 bits per heavy atom. The smallest absolute Gasteiger partial charge is 0.227 e. The highest BCUT2D eigenvalue weighted by atomic mass is 35.5. The molecule has 0 bridgehead atoms. The number of amides is 1. The lowest BCUT2D eigenvalue weighted by molar-refractivity contribution is -0.136. The van der Waals surface area contributed by atoms with Gasteiger partial charge in [-0.05, 0) is 50.3 Å². The van der Waals surface area contributed by atoms with Crippen LogP contribution >= 0.6 is 24.8 Å². The summed E-state index contributed by atoms with van der Waals surface area (Å²) in [5.41, 5.74) is 6.80. The van der Waals surface area contributed by atoms with E-state index in [4.69, 9.17) is 10.5 Å². The fourth-order valence-electron chi connectivity index (χ4n) is 4.14. The molecule has 3 N–H and O–H groups in total. The van der Waals surface area contributed by atoms with Gasteiger partial charge in [-0.1, -0.05) is 37.3 Å². The molecular weight excluding hydrogens is 397 g/mol. The molecule has 2 saturated heterocycles. The number of nitrogens with one attached hydrogen (secondary N) is 1. The van der Waals surface area contributed by atoms with Crippen LogP contribution in [0.25, 0.3) is 0 Å². The minimum atomic E-state index is -0.462. The minimum Gasteiger partial charge on any atom is -0.381 e. The van der Waals surface area contributed by atoms with Crippen LogP contribution in [0.3, 0.4) is 0 Å². The molecule has 1 unspecified atom stereocenters. The second-order valence-electron chi connectivity index (χ2n) is 7.95. The SMILES string of the molecule is CC1CCN(C(CNC(=O)C2(CN)CCOCC2)c2ccccc2)CC1.Cl.Cl. The number of benzene rings is 1. The lowest BCUT2D eigenvalue weighted by atomic mass is 9.79. The van der Waals surface area contributed by atoms with Crippen LogP contribution in [0.2, 0.25) is 0 Å². The highest BCUT2D eigenvalue weighted by Gasteiger charge is 2.39. The molecule has 2 aliphatic heterocycles. The van der Waals surface area contributed by atoms with Gasteiger partial charge in [0.15, 0.2) is 0 Å². The summed E-state index contributed by atoms with van der Waals surface area (Å²) < 4.78 is 5.43. The Morgan fingerprint density at radius 3 is 2.39 bits per heavy atom. The van der Waals surface area contributed by atoms with E-state index in [1.165, 1.54) is 18.4 Å². The molecule has 160 valence electrons. The van der Waals surface area contributed by atoms with Crippen molar-refractivity contribution in [2.45, 2.75) is 38.6 Å². The zero-order chi connectivity index (χ0) is 18.4. The van der Waals surface area contributed by atoms with Gasteiger partial charge >= 0.3 is 0 Å². The van der Waals surface area contributed by atoms with Gasteiger partial charge in [0.05, 0.1) is 11.5 Å². The molecule has 0 radical (unpaired) electrons. The maximum Gasteiger partial charge on any atom is 0.227 e. The molecule has 0 saturated carbocycles. The lowest BCUT2D eigenvalue weighted by Gasteiger charge is -2.39. The van der Waals surface area contributed by atoms with Gasteiger partial charge in [-0.2, -0.15) is 0 Å². The van der Waals surface area contributed by atoms with E-state index in [9.17, 15) is 4.79 Å². The largest absolute Gasteiger partial charge is 0.381 e. The number of piperidine rings is 1. The maximum absolute atomic E-state index is 13.0. The number of halogens is 2. The van der Waals surface area contributed by atoms with E-state index in [1.54, 1.807) is 0 Å². The van der Waals surface area contributed by atoms with Crippen LogP contribution in [0.15, 0.2) is 30.3 Å². The highest BCUT2D eigenvalue weighted by molar-refractivity contribution is 5.85. The normalized spacial score (nSPS) is 21.1. The number of nitrogens with two attached hydrogens (primary N) is 1. The van der Waals surface area contributed by atoms with E-state index in [-0.39, 0.29) is 36.8 Å². The van der Waals surface area contributed by atoms with Crippen molar-refractivity contribution in [3.8, 4) is 0 Å².